The van der Waals surface area contributed by atoms with Crippen LogP contribution in [0, 0.1) is 15.9 Å². The molecule has 0 aliphatic heterocycles. The summed E-state index contributed by atoms with van der Waals surface area (Å²) in [4.78, 5) is 14.8. The van der Waals surface area contributed by atoms with E-state index in [-0.39, 0.29) is 18.1 Å². The molecule has 1 N–H and O–H groups in total. The van der Waals surface area contributed by atoms with Crippen LogP contribution in [0.5, 0.6) is 5.75 Å². The van der Waals surface area contributed by atoms with Gasteiger partial charge in [0.25, 0.3) is 5.69 Å². The van der Waals surface area contributed by atoms with E-state index in [1.165, 1.54) is 29.5 Å². The molecule has 3 aromatic carbocycles. The number of halogens is 1. The number of nitro benzene ring substituents is 1. The van der Waals surface area contributed by atoms with Crippen molar-refractivity contribution in [3.05, 3.63) is 105 Å². The number of non-ortho nitro benzene ring substituents is 1. The van der Waals surface area contributed by atoms with Crippen molar-refractivity contribution in [1.29, 1.82) is 0 Å². The average Bonchev–Trinajstić information content (AvgIpc) is 3.28. The first-order valence-corrected chi connectivity index (χ1v) is 10.4. The van der Waals surface area contributed by atoms with E-state index in [9.17, 15) is 14.5 Å². The minimum Gasteiger partial charge on any atom is -0.489 e. The normalized spacial score (nSPS) is 10.9. The lowest BCUT2D eigenvalue weighted by molar-refractivity contribution is -0.384. The number of nitrogens with one attached hydrogen (secondary N) is 1. The molecule has 32 heavy (non-hydrogen) atoms. The van der Waals surface area contributed by atoms with Crippen molar-refractivity contribution in [2.45, 2.75) is 6.61 Å². The first-order valence-electron chi connectivity index (χ1n) is 9.54. The van der Waals surface area contributed by atoms with Gasteiger partial charge in [-0.25, -0.2) is 9.37 Å². The molecule has 9 heteroatoms. The van der Waals surface area contributed by atoms with Crippen LogP contribution in [0.2, 0.25) is 0 Å². The van der Waals surface area contributed by atoms with Gasteiger partial charge in [-0.1, -0.05) is 18.2 Å². The molecular weight excluding hydrogens is 431 g/mol. The molecule has 0 amide bonds. The van der Waals surface area contributed by atoms with E-state index < -0.39 is 4.92 Å². The van der Waals surface area contributed by atoms with Gasteiger partial charge < -0.3 is 4.74 Å². The standard InChI is InChI=1S/C23H17FN4O3S/c24-21-4-2-1-3-18(21)14-31-20-11-5-16(6-12-20)13-25-27-23-26-22(15-32-23)17-7-9-19(10-8-17)28(29)30/h1-13,15H,14H2,(H,26,27)/b25-13+. The van der Waals surface area contributed by atoms with Gasteiger partial charge in [-0.15, -0.1) is 11.3 Å². The number of hydrogen-bond acceptors (Lipinski definition) is 7. The number of hydrogen-bond donors (Lipinski definition) is 1. The molecule has 7 nitrogen and oxygen atoms in total. The monoisotopic (exact) mass is 448 g/mol. The molecule has 0 atom stereocenters. The van der Waals surface area contributed by atoms with Crippen LogP contribution >= 0.6 is 11.3 Å². The molecule has 0 radical (unpaired) electrons. The van der Waals surface area contributed by atoms with Crippen molar-refractivity contribution in [1.82, 2.24) is 4.98 Å². The number of anilines is 1. The zero-order chi connectivity index (χ0) is 22.3. The highest BCUT2D eigenvalue weighted by molar-refractivity contribution is 7.14. The fourth-order valence-corrected chi connectivity index (χ4v) is 3.47. The Morgan fingerprint density at radius 3 is 2.56 bits per heavy atom. The first kappa shape index (κ1) is 21.1. The number of benzene rings is 3. The number of aromatic nitrogens is 1. The third-order valence-electron chi connectivity index (χ3n) is 4.48. The Bertz CT molecular complexity index is 1240. The maximum atomic E-state index is 13.6. The summed E-state index contributed by atoms with van der Waals surface area (Å²) in [6.07, 6.45) is 1.65. The summed E-state index contributed by atoms with van der Waals surface area (Å²) < 4.78 is 19.3. The van der Waals surface area contributed by atoms with E-state index in [1.54, 1.807) is 48.7 Å². The number of hydrazone groups is 1. The predicted molar refractivity (Wildman–Crippen MR) is 123 cm³/mol. The Kier molecular flexibility index (Phi) is 6.47. The summed E-state index contributed by atoms with van der Waals surface area (Å²) in [7, 11) is 0. The number of rotatable bonds is 8. The molecule has 0 bridgehead atoms. The first-order chi connectivity index (χ1) is 15.6. The van der Waals surface area contributed by atoms with Crippen molar-refractivity contribution in [2.24, 2.45) is 5.10 Å². The van der Waals surface area contributed by atoms with Crippen molar-refractivity contribution in [3.63, 3.8) is 0 Å². The van der Waals surface area contributed by atoms with Crippen LogP contribution in [0.1, 0.15) is 11.1 Å². The second kappa shape index (κ2) is 9.80. The minimum atomic E-state index is -0.436. The zero-order valence-electron chi connectivity index (χ0n) is 16.6. The van der Waals surface area contributed by atoms with Crippen LogP contribution in [0.4, 0.5) is 15.2 Å². The molecule has 4 rings (SSSR count). The predicted octanol–water partition coefficient (Wildman–Crippen LogP) is 5.88. The highest BCUT2D eigenvalue weighted by Crippen LogP contribution is 2.26. The lowest BCUT2D eigenvalue weighted by Crippen LogP contribution is -1.98. The molecular formula is C23H17FN4O3S. The smallest absolute Gasteiger partial charge is 0.269 e. The largest absolute Gasteiger partial charge is 0.489 e. The highest BCUT2D eigenvalue weighted by Gasteiger charge is 2.08. The Morgan fingerprint density at radius 1 is 1.09 bits per heavy atom. The van der Waals surface area contributed by atoms with Gasteiger partial charge in [-0.05, 0) is 48.0 Å². The maximum Gasteiger partial charge on any atom is 0.269 e. The maximum absolute atomic E-state index is 13.6. The van der Waals surface area contributed by atoms with Crippen molar-refractivity contribution in [3.8, 4) is 17.0 Å². The van der Waals surface area contributed by atoms with E-state index in [1.807, 2.05) is 17.5 Å². The van der Waals surface area contributed by atoms with Crippen molar-refractivity contribution < 1.29 is 14.1 Å². The van der Waals surface area contributed by atoms with E-state index in [0.717, 1.165) is 11.1 Å². The van der Waals surface area contributed by atoms with Gasteiger partial charge in [0.1, 0.15) is 18.2 Å². The van der Waals surface area contributed by atoms with E-state index in [4.69, 9.17) is 4.74 Å². The van der Waals surface area contributed by atoms with Gasteiger partial charge in [0.2, 0.25) is 5.13 Å². The van der Waals surface area contributed by atoms with Gasteiger partial charge in [-0.3, -0.25) is 15.5 Å². The molecule has 0 saturated carbocycles. The SMILES string of the molecule is O=[N+]([O-])c1ccc(-c2csc(N/N=C/c3ccc(OCc4ccccc4F)cc3)n2)cc1. The molecule has 1 heterocycles. The molecule has 0 aliphatic carbocycles. The van der Waals surface area contributed by atoms with Crippen molar-refractivity contribution >= 4 is 28.4 Å². The topological polar surface area (TPSA) is 89.7 Å². The summed E-state index contributed by atoms with van der Waals surface area (Å²) in [5, 5.41) is 17.4. The van der Waals surface area contributed by atoms with Crippen LogP contribution in [-0.4, -0.2) is 16.1 Å². The number of nitrogens with zero attached hydrogens (tertiary/aromatic N) is 3. The molecule has 0 spiro atoms. The van der Waals surface area contributed by atoms with E-state index in [0.29, 0.717) is 22.1 Å². The average molecular weight is 448 g/mol. The Balaban J connectivity index is 1.31. The van der Waals surface area contributed by atoms with Crippen LogP contribution < -0.4 is 10.2 Å². The molecule has 0 saturated heterocycles. The van der Waals surface area contributed by atoms with Crippen LogP contribution in [0.15, 0.2) is 83.3 Å². The number of thiazole rings is 1. The third kappa shape index (κ3) is 5.32. The lowest BCUT2D eigenvalue weighted by Gasteiger charge is -2.07. The summed E-state index contributed by atoms with van der Waals surface area (Å²) in [5.74, 6) is 0.340. The molecule has 160 valence electrons. The van der Waals surface area contributed by atoms with E-state index in [2.05, 4.69) is 15.5 Å². The van der Waals surface area contributed by atoms with Crippen LogP contribution in [0.3, 0.4) is 0 Å². The quantitative estimate of drug-likeness (QED) is 0.206. The number of nitro groups is 1. The number of ether oxygens (including phenoxy) is 1. The molecule has 0 fully saturated rings. The van der Waals surface area contributed by atoms with Gasteiger partial charge in [0.15, 0.2) is 0 Å². The van der Waals surface area contributed by atoms with Gasteiger partial charge in [0.05, 0.1) is 16.8 Å². The Morgan fingerprint density at radius 2 is 1.84 bits per heavy atom. The van der Waals surface area contributed by atoms with Gasteiger partial charge >= 0.3 is 0 Å². The van der Waals surface area contributed by atoms with E-state index >= 15 is 0 Å². The zero-order valence-corrected chi connectivity index (χ0v) is 17.5. The fraction of sp³-hybridized carbons (Fsp3) is 0.0435. The Hall–Kier alpha value is -4.11. The molecule has 1 aromatic heterocycles. The van der Waals surface area contributed by atoms with Gasteiger partial charge in [0, 0.05) is 28.6 Å². The summed E-state index contributed by atoms with van der Waals surface area (Å²) in [5.41, 5.74) is 5.76. The Labute approximate surface area is 187 Å². The fourth-order valence-electron chi connectivity index (χ4n) is 2.80. The second-order valence-electron chi connectivity index (χ2n) is 6.66. The summed E-state index contributed by atoms with van der Waals surface area (Å²) in [6, 6.07) is 20.0. The van der Waals surface area contributed by atoms with Gasteiger partial charge in [-0.2, -0.15) is 5.10 Å². The highest BCUT2D eigenvalue weighted by atomic mass is 32.1. The summed E-state index contributed by atoms with van der Waals surface area (Å²) in [6.45, 7) is 0.156. The second-order valence-corrected chi connectivity index (χ2v) is 7.52. The minimum absolute atomic E-state index is 0.0376. The van der Waals surface area contributed by atoms with Crippen molar-refractivity contribution in [2.75, 3.05) is 5.43 Å². The third-order valence-corrected chi connectivity index (χ3v) is 5.23. The van der Waals surface area contributed by atoms with Crippen LogP contribution in [-0.2, 0) is 6.61 Å². The lowest BCUT2D eigenvalue weighted by atomic mass is 10.1. The summed E-state index contributed by atoms with van der Waals surface area (Å²) >= 11 is 1.38. The van der Waals surface area contributed by atoms with Crippen LogP contribution in [0.25, 0.3) is 11.3 Å². The molecule has 0 aliphatic rings. The molecule has 4 aromatic rings. The molecule has 0 unspecified atom stereocenters.